The number of hydrogen-bond acceptors (Lipinski definition) is 6. The Hall–Kier alpha value is -0.920. The highest BCUT2D eigenvalue weighted by atomic mass is 79.9. The second-order valence-corrected chi connectivity index (χ2v) is 4.64. The summed E-state index contributed by atoms with van der Waals surface area (Å²) < 4.78 is 11.9. The molecule has 0 aromatic carbocycles. The van der Waals surface area contributed by atoms with Crippen LogP contribution >= 0.6 is 15.9 Å². The molecule has 1 aliphatic rings. The molecular formula is C10H15BrN4O2. The highest BCUT2D eigenvalue weighted by molar-refractivity contribution is 9.10. The number of anilines is 1. The first-order valence-electron chi connectivity index (χ1n) is 5.53. The van der Waals surface area contributed by atoms with Crippen molar-refractivity contribution in [3.63, 3.8) is 0 Å². The minimum Gasteiger partial charge on any atom is -0.474 e. The molecule has 17 heavy (non-hydrogen) atoms. The van der Waals surface area contributed by atoms with E-state index in [2.05, 4.69) is 31.3 Å². The van der Waals surface area contributed by atoms with Crippen molar-refractivity contribution in [2.45, 2.75) is 25.4 Å². The van der Waals surface area contributed by atoms with Gasteiger partial charge in [0.25, 0.3) is 0 Å². The molecule has 0 radical (unpaired) electrons. The normalized spacial score (nSPS) is 20.0. The van der Waals surface area contributed by atoms with Gasteiger partial charge in [-0.25, -0.2) is 10.8 Å². The van der Waals surface area contributed by atoms with E-state index in [4.69, 9.17) is 15.3 Å². The van der Waals surface area contributed by atoms with Gasteiger partial charge in [0.05, 0.1) is 16.8 Å². The number of nitrogens with one attached hydrogen (secondary N) is 1. The molecule has 0 saturated carbocycles. The van der Waals surface area contributed by atoms with E-state index in [1.807, 2.05) is 0 Å². The average Bonchev–Trinajstić information content (AvgIpc) is 2.39. The molecule has 2 heterocycles. The van der Waals surface area contributed by atoms with Gasteiger partial charge in [0.15, 0.2) is 0 Å². The lowest BCUT2D eigenvalue weighted by Gasteiger charge is -2.22. The van der Waals surface area contributed by atoms with Crippen LogP contribution in [0, 0.1) is 0 Å². The molecule has 6 nitrogen and oxygen atoms in total. The molecule has 1 saturated heterocycles. The van der Waals surface area contributed by atoms with Crippen molar-refractivity contribution in [3.8, 4) is 5.88 Å². The summed E-state index contributed by atoms with van der Waals surface area (Å²) in [6.07, 6.45) is 5.10. The van der Waals surface area contributed by atoms with Crippen molar-refractivity contribution < 1.29 is 9.47 Å². The van der Waals surface area contributed by atoms with Crippen LogP contribution in [0.5, 0.6) is 5.88 Å². The lowest BCUT2D eigenvalue weighted by atomic mass is 10.1. The van der Waals surface area contributed by atoms with Crippen molar-refractivity contribution in [2.24, 2.45) is 5.84 Å². The molecule has 3 N–H and O–H groups in total. The van der Waals surface area contributed by atoms with Gasteiger partial charge in [0.2, 0.25) is 11.8 Å². The topological polar surface area (TPSA) is 82.3 Å². The van der Waals surface area contributed by atoms with Crippen LogP contribution in [0.25, 0.3) is 0 Å². The minimum absolute atomic E-state index is 0.153. The van der Waals surface area contributed by atoms with Crippen molar-refractivity contribution in [1.82, 2.24) is 9.97 Å². The van der Waals surface area contributed by atoms with Gasteiger partial charge in [-0.15, -0.1) is 0 Å². The Morgan fingerprint density at radius 3 is 3.18 bits per heavy atom. The predicted molar refractivity (Wildman–Crippen MR) is 66.6 cm³/mol. The van der Waals surface area contributed by atoms with E-state index in [9.17, 15) is 0 Å². The highest BCUT2D eigenvalue weighted by Gasteiger charge is 2.15. The van der Waals surface area contributed by atoms with Gasteiger partial charge in [-0.1, -0.05) is 0 Å². The van der Waals surface area contributed by atoms with E-state index >= 15 is 0 Å². The van der Waals surface area contributed by atoms with Crippen LogP contribution in [0.1, 0.15) is 19.3 Å². The van der Waals surface area contributed by atoms with Gasteiger partial charge in [-0.3, -0.25) is 5.43 Å². The third-order valence-electron chi connectivity index (χ3n) is 2.52. The van der Waals surface area contributed by atoms with E-state index in [0.717, 1.165) is 19.4 Å². The van der Waals surface area contributed by atoms with E-state index in [-0.39, 0.29) is 6.10 Å². The van der Waals surface area contributed by atoms with Crippen LogP contribution in [0.2, 0.25) is 0 Å². The summed E-state index contributed by atoms with van der Waals surface area (Å²) in [6, 6.07) is 0. The number of nitrogens with two attached hydrogens (primary N) is 1. The average molecular weight is 303 g/mol. The maximum atomic E-state index is 5.60. The Labute approximate surface area is 108 Å². The van der Waals surface area contributed by atoms with Crippen LogP contribution in [0.4, 0.5) is 5.95 Å². The summed E-state index contributed by atoms with van der Waals surface area (Å²) in [5.74, 6) is 6.04. The van der Waals surface area contributed by atoms with E-state index < -0.39 is 0 Å². The maximum absolute atomic E-state index is 5.60. The first kappa shape index (κ1) is 12.5. The molecule has 1 unspecified atom stereocenters. The SMILES string of the molecule is NNc1ncc(Br)c(OCC2CCCCO2)n1. The molecule has 0 bridgehead atoms. The van der Waals surface area contributed by atoms with Crippen molar-refractivity contribution >= 4 is 21.9 Å². The van der Waals surface area contributed by atoms with Crippen LogP contribution in [0.15, 0.2) is 10.7 Å². The third-order valence-corrected chi connectivity index (χ3v) is 3.06. The van der Waals surface area contributed by atoms with Crippen LogP contribution < -0.4 is 16.0 Å². The lowest BCUT2D eigenvalue weighted by molar-refractivity contribution is -0.0121. The highest BCUT2D eigenvalue weighted by Crippen LogP contribution is 2.23. The quantitative estimate of drug-likeness (QED) is 0.647. The summed E-state index contributed by atoms with van der Waals surface area (Å²) in [6.45, 7) is 1.31. The van der Waals surface area contributed by atoms with Gasteiger partial charge in [-0.2, -0.15) is 4.98 Å². The molecule has 1 atom stereocenters. The fraction of sp³-hybridized carbons (Fsp3) is 0.600. The van der Waals surface area contributed by atoms with Gasteiger partial charge in [0.1, 0.15) is 6.61 Å². The standard InChI is InChI=1S/C10H15BrN4O2/c11-8-5-13-10(15-12)14-9(8)17-6-7-3-1-2-4-16-7/h5,7H,1-4,6,12H2,(H,13,14,15). The van der Waals surface area contributed by atoms with E-state index in [1.165, 1.54) is 6.42 Å². The van der Waals surface area contributed by atoms with Crippen molar-refractivity contribution in [3.05, 3.63) is 10.7 Å². The number of ether oxygens (including phenoxy) is 2. The van der Waals surface area contributed by atoms with Crippen LogP contribution in [0.3, 0.4) is 0 Å². The van der Waals surface area contributed by atoms with Crippen molar-refractivity contribution in [2.75, 3.05) is 18.6 Å². The van der Waals surface area contributed by atoms with E-state index in [0.29, 0.717) is 22.9 Å². The Balaban J connectivity index is 1.92. The zero-order valence-electron chi connectivity index (χ0n) is 9.36. The molecule has 2 rings (SSSR count). The molecular weight excluding hydrogens is 288 g/mol. The molecule has 1 fully saturated rings. The first-order valence-corrected chi connectivity index (χ1v) is 6.32. The minimum atomic E-state index is 0.153. The summed E-state index contributed by atoms with van der Waals surface area (Å²) in [5.41, 5.74) is 2.38. The monoisotopic (exact) mass is 302 g/mol. The fourth-order valence-electron chi connectivity index (χ4n) is 1.63. The Morgan fingerprint density at radius 2 is 2.47 bits per heavy atom. The number of aromatic nitrogens is 2. The Morgan fingerprint density at radius 1 is 1.59 bits per heavy atom. The first-order chi connectivity index (χ1) is 8.29. The number of nitrogen functional groups attached to an aromatic ring is 1. The second-order valence-electron chi connectivity index (χ2n) is 3.79. The zero-order valence-corrected chi connectivity index (χ0v) is 10.9. The number of hydrogen-bond donors (Lipinski definition) is 2. The summed E-state index contributed by atoms with van der Waals surface area (Å²) in [5, 5.41) is 0. The summed E-state index contributed by atoms with van der Waals surface area (Å²) in [4.78, 5) is 8.05. The largest absolute Gasteiger partial charge is 0.474 e. The third kappa shape index (κ3) is 3.52. The molecule has 7 heteroatoms. The molecule has 0 amide bonds. The van der Waals surface area contributed by atoms with Crippen molar-refractivity contribution in [1.29, 1.82) is 0 Å². The Bertz CT molecular complexity index is 371. The van der Waals surface area contributed by atoms with Crippen LogP contribution in [-0.4, -0.2) is 29.3 Å². The Kier molecular flexibility index (Phi) is 4.52. The molecule has 1 aromatic heterocycles. The lowest BCUT2D eigenvalue weighted by Crippen LogP contribution is -2.26. The number of rotatable bonds is 4. The molecule has 1 aliphatic heterocycles. The molecule has 1 aromatic rings. The summed E-state index contributed by atoms with van der Waals surface area (Å²) >= 11 is 3.33. The number of nitrogens with zero attached hydrogens (tertiary/aromatic N) is 2. The zero-order chi connectivity index (χ0) is 12.1. The molecule has 0 spiro atoms. The predicted octanol–water partition coefficient (Wildman–Crippen LogP) is 1.47. The molecule has 0 aliphatic carbocycles. The second kappa shape index (κ2) is 6.13. The number of hydrazine groups is 1. The van der Waals surface area contributed by atoms with Gasteiger partial charge in [-0.05, 0) is 35.2 Å². The van der Waals surface area contributed by atoms with Crippen LogP contribution in [-0.2, 0) is 4.74 Å². The van der Waals surface area contributed by atoms with Gasteiger partial charge in [0, 0.05) is 6.61 Å². The van der Waals surface area contributed by atoms with Gasteiger partial charge < -0.3 is 9.47 Å². The van der Waals surface area contributed by atoms with E-state index in [1.54, 1.807) is 6.20 Å². The smallest absolute Gasteiger partial charge is 0.240 e. The van der Waals surface area contributed by atoms with Gasteiger partial charge >= 0.3 is 0 Å². The summed E-state index contributed by atoms with van der Waals surface area (Å²) in [7, 11) is 0. The molecule has 94 valence electrons. The maximum Gasteiger partial charge on any atom is 0.240 e. The fourth-order valence-corrected chi connectivity index (χ4v) is 1.94. The number of halogens is 1.